The van der Waals surface area contributed by atoms with Crippen molar-refractivity contribution >= 4 is 0 Å². The summed E-state index contributed by atoms with van der Waals surface area (Å²) in [4.78, 5) is 0. The van der Waals surface area contributed by atoms with Crippen molar-refractivity contribution in [2.75, 3.05) is 0 Å². The Kier molecular flexibility index (Phi) is 4.16. The second kappa shape index (κ2) is 5.63. The zero-order valence-corrected chi connectivity index (χ0v) is 10.5. The first kappa shape index (κ1) is 12.6. The third kappa shape index (κ3) is 3.29. The summed E-state index contributed by atoms with van der Waals surface area (Å²) in [7, 11) is 0. The summed E-state index contributed by atoms with van der Waals surface area (Å²) in [5, 5.41) is 10.2. The zero-order valence-electron chi connectivity index (χ0n) is 10.5. The third-order valence-corrected chi connectivity index (χ3v) is 3.88. The molecule has 1 atom stereocenters. The molecule has 94 valence electrons. The fourth-order valence-electron chi connectivity index (χ4n) is 2.84. The zero-order chi connectivity index (χ0) is 12.3. The lowest BCUT2D eigenvalue weighted by Crippen LogP contribution is -2.12. The van der Waals surface area contributed by atoms with Crippen molar-refractivity contribution < 1.29 is 9.50 Å². The van der Waals surface area contributed by atoms with Crippen LogP contribution >= 0.6 is 0 Å². The van der Waals surface area contributed by atoms with Crippen LogP contribution in [-0.2, 0) is 0 Å². The summed E-state index contributed by atoms with van der Waals surface area (Å²) in [5.41, 5.74) is 1.74. The van der Waals surface area contributed by atoms with Crippen LogP contribution in [0, 0.1) is 18.7 Å². The first-order chi connectivity index (χ1) is 8.16. The normalized spacial score (nSPS) is 19.2. The Balaban J connectivity index is 2.02. The van der Waals surface area contributed by atoms with Gasteiger partial charge < -0.3 is 5.11 Å². The number of rotatable bonds is 3. The van der Waals surface area contributed by atoms with Crippen molar-refractivity contribution in [2.45, 2.75) is 51.6 Å². The lowest BCUT2D eigenvalue weighted by atomic mass is 9.83. The average molecular weight is 236 g/mol. The molecule has 1 aromatic rings. The topological polar surface area (TPSA) is 20.2 Å². The Morgan fingerprint density at radius 3 is 2.71 bits per heavy atom. The van der Waals surface area contributed by atoms with E-state index in [0.29, 0.717) is 5.92 Å². The molecule has 0 spiro atoms. The maximum atomic E-state index is 13.2. The standard InChI is InChI=1S/C15H21FO/c1-11-7-8-13(16)10-14(11)15(17)9-12-5-3-2-4-6-12/h7-8,10,12,15,17H,2-6,9H2,1H3. The molecule has 1 N–H and O–H groups in total. The highest BCUT2D eigenvalue weighted by Crippen LogP contribution is 2.32. The average Bonchev–Trinajstić information content (AvgIpc) is 2.33. The van der Waals surface area contributed by atoms with Crippen LogP contribution in [0.3, 0.4) is 0 Å². The molecule has 17 heavy (non-hydrogen) atoms. The van der Waals surface area contributed by atoms with Gasteiger partial charge in [-0.1, -0.05) is 38.2 Å². The predicted molar refractivity (Wildman–Crippen MR) is 67.3 cm³/mol. The van der Waals surface area contributed by atoms with Gasteiger partial charge in [-0.25, -0.2) is 4.39 Å². The van der Waals surface area contributed by atoms with Gasteiger partial charge in [-0.05, 0) is 42.5 Å². The number of aryl methyl sites for hydroxylation is 1. The van der Waals surface area contributed by atoms with Crippen LogP contribution in [0.25, 0.3) is 0 Å². The van der Waals surface area contributed by atoms with Gasteiger partial charge in [-0.15, -0.1) is 0 Å². The molecule has 0 saturated heterocycles. The number of aliphatic hydroxyl groups is 1. The molecule has 1 aliphatic carbocycles. The maximum absolute atomic E-state index is 13.2. The van der Waals surface area contributed by atoms with Gasteiger partial charge >= 0.3 is 0 Å². The van der Waals surface area contributed by atoms with Crippen LogP contribution in [0.15, 0.2) is 18.2 Å². The van der Waals surface area contributed by atoms with Crippen LogP contribution in [-0.4, -0.2) is 5.11 Å². The van der Waals surface area contributed by atoms with Gasteiger partial charge in [0.05, 0.1) is 6.10 Å². The van der Waals surface area contributed by atoms with Gasteiger partial charge in [0, 0.05) is 0 Å². The van der Waals surface area contributed by atoms with E-state index in [1.165, 1.54) is 44.2 Å². The van der Waals surface area contributed by atoms with Crippen molar-refractivity contribution in [3.8, 4) is 0 Å². The summed E-state index contributed by atoms with van der Waals surface area (Å²) in [6.45, 7) is 1.93. The quantitative estimate of drug-likeness (QED) is 0.836. The summed E-state index contributed by atoms with van der Waals surface area (Å²) in [6.07, 6.45) is 6.58. The molecule has 0 heterocycles. The molecular weight excluding hydrogens is 215 g/mol. The van der Waals surface area contributed by atoms with Crippen LogP contribution in [0.4, 0.5) is 4.39 Å². The smallest absolute Gasteiger partial charge is 0.123 e. The van der Waals surface area contributed by atoms with Gasteiger partial charge in [-0.3, -0.25) is 0 Å². The molecule has 0 aromatic heterocycles. The van der Waals surface area contributed by atoms with Gasteiger partial charge in [0.25, 0.3) is 0 Å². The van der Waals surface area contributed by atoms with Gasteiger partial charge in [0.1, 0.15) is 5.82 Å². The molecule has 0 amide bonds. The minimum absolute atomic E-state index is 0.256. The summed E-state index contributed by atoms with van der Waals surface area (Å²) in [5.74, 6) is 0.356. The highest BCUT2D eigenvalue weighted by molar-refractivity contribution is 5.28. The SMILES string of the molecule is Cc1ccc(F)cc1C(O)CC1CCCCC1. The molecule has 2 heteroatoms. The number of benzene rings is 1. The van der Waals surface area contributed by atoms with E-state index in [0.717, 1.165) is 17.5 Å². The second-order valence-corrected chi connectivity index (χ2v) is 5.26. The fourth-order valence-corrected chi connectivity index (χ4v) is 2.84. The Bertz CT molecular complexity index is 369. The summed E-state index contributed by atoms with van der Waals surface area (Å²) < 4.78 is 13.2. The maximum Gasteiger partial charge on any atom is 0.123 e. The van der Waals surface area contributed by atoms with Gasteiger partial charge in [-0.2, -0.15) is 0 Å². The molecule has 1 unspecified atom stereocenters. The van der Waals surface area contributed by atoms with Crippen molar-refractivity contribution in [3.63, 3.8) is 0 Å². The molecular formula is C15H21FO. The van der Waals surface area contributed by atoms with E-state index in [1.807, 2.05) is 6.92 Å². The highest BCUT2D eigenvalue weighted by atomic mass is 19.1. The van der Waals surface area contributed by atoms with Gasteiger partial charge in [0.2, 0.25) is 0 Å². The summed E-state index contributed by atoms with van der Waals surface area (Å²) >= 11 is 0. The minimum Gasteiger partial charge on any atom is -0.388 e. The van der Waals surface area contributed by atoms with E-state index in [4.69, 9.17) is 0 Å². The van der Waals surface area contributed by atoms with E-state index in [9.17, 15) is 9.50 Å². The van der Waals surface area contributed by atoms with E-state index in [1.54, 1.807) is 6.07 Å². The molecule has 1 fully saturated rings. The van der Waals surface area contributed by atoms with Crippen LogP contribution in [0.2, 0.25) is 0 Å². The highest BCUT2D eigenvalue weighted by Gasteiger charge is 2.19. The molecule has 1 aromatic carbocycles. The Morgan fingerprint density at radius 1 is 1.29 bits per heavy atom. The molecule has 1 nitrogen and oxygen atoms in total. The van der Waals surface area contributed by atoms with Gasteiger partial charge in [0.15, 0.2) is 0 Å². The first-order valence-electron chi connectivity index (χ1n) is 6.61. The lowest BCUT2D eigenvalue weighted by Gasteiger charge is -2.24. The van der Waals surface area contributed by atoms with Crippen LogP contribution < -0.4 is 0 Å². The van der Waals surface area contributed by atoms with Crippen molar-refractivity contribution in [3.05, 3.63) is 35.1 Å². The molecule has 0 radical (unpaired) electrons. The lowest BCUT2D eigenvalue weighted by molar-refractivity contribution is 0.130. The van der Waals surface area contributed by atoms with Crippen molar-refractivity contribution in [2.24, 2.45) is 5.92 Å². The van der Waals surface area contributed by atoms with E-state index in [2.05, 4.69) is 0 Å². The number of hydrogen-bond donors (Lipinski definition) is 1. The largest absolute Gasteiger partial charge is 0.388 e. The molecule has 0 bridgehead atoms. The van der Waals surface area contributed by atoms with E-state index in [-0.39, 0.29) is 5.82 Å². The first-order valence-corrected chi connectivity index (χ1v) is 6.61. The van der Waals surface area contributed by atoms with Crippen molar-refractivity contribution in [1.29, 1.82) is 0 Å². The Labute approximate surface area is 103 Å². The molecule has 0 aliphatic heterocycles. The number of hydrogen-bond acceptors (Lipinski definition) is 1. The van der Waals surface area contributed by atoms with Crippen LogP contribution in [0.1, 0.15) is 55.8 Å². The second-order valence-electron chi connectivity index (χ2n) is 5.26. The molecule has 1 aliphatic rings. The number of aliphatic hydroxyl groups excluding tert-OH is 1. The predicted octanol–water partition coefficient (Wildman–Crippen LogP) is 4.14. The Morgan fingerprint density at radius 2 is 2.00 bits per heavy atom. The third-order valence-electron chi connectivity index (χ3n) is 3.88. The number of halogens is 1. The molecule has 2 rings (SSSR count). The van der Waals surface area contributed by atoms with E-state index < -0.39 is 6.10 Å². The van der Waals surface area contributed by atoms with E-state index >= 15 is 0 Å². The van der Waals surface area contributed by atoms with Crippen LogP contribution in [0.5, 0.6) is 0 Å². The fraction of sp³-hybridized carbons (Fsp3) is 0.600. The van der Waals surface area contributed by atoms with Crippen molar-refractivity contribution in [1.82, 2.24) is 0 Å². The minimum atomic E-state index is -0.506. The molecule has 1 saturated carbocycles. The monoisotopic (exact) mass is 236 g/mol. The Hall–Kier alpha value is -0.890. The summed E-state index contributed by atoms with van der Waals surface area (Å²) in [6, 6.07) is 4.67.